The molecular formula is C10H16F3N. The van der Waals surface area contributed by atoms with Crippen LogP contribution in [0.15, 0.2) is 0 Å². The van der Waals surface area contributed by atoms with Gasteiger partial charge >= 0.3 is 6.18 Å². The first-order valence-electron chi connectivity index (χ1n) is 5.40. The molecule has 1 nitrogen and oxygen atoms in total. The SMILES string of the molecule is FC(F)(F)C1CCC2CCCCC2N1. The van der Waals surface area contributed by atoms with E-state index < -0.39 is 12.2 Å². The first kappa shape index (κ1) is 10.3. The average Bonchev–Trinajstić information content (AvgIpc) is 2.16. The van der Waals surface area contributed by atoms with Gasteiger partial charge in [0.15, 0.2) is 0 Å². The lowest BCUT2D eigenvalue weighted by atomic mass is 9.78. The quantitative estimate of drug-likeness (QED) is 0.644. The van der Waals surface area contributed by atoms with Crippen molar-refractivity contribution in [2.75, 3.05) is 0 Å². The van der Waals surface area contributed by atoms with Gasteiger partial charge in [-0.1, -0.05) is 12.8 Å². The third kappa shape index (κ3) is 2.05. The fourth-order valence-electron chi connectivity index (χ4n) is 2.75. The van der Waals surface area contributed by atoms with Crippen LogP contribution in [0.25, 0.3) is 0 Å². The third-order valence-electron chi connectivity index (χ3n) is 3.55. The minimum atomic E-state index is -4.05. The minimum absolute atomic E-state index is 0.129. The number of hydrogen-bond acceptors (Lipinski definition) is 1. The fourth-order valence-corrected chi connectivity index (χ4v) is 2.75. The predicted molar refractivity (Wildman–Crippen MR) is 48.0 cm³/mol. The van der Waals surface area contributed by atoms with Crippen LogP contribution < -0.4 is 5.32 Å². The van der Waals surface area contributed by atoms with E-state index in [1.54, 1.807) is 0 Å². The Labute approximate surface area is 82.1 Å². The Morgan fingerprint density at radius 1 is 0.929 bits per heavy atom. The standard InChI is InChI=1S/C10H16F3N/c11-10(12,13)9-6-5-7-3-1-2-4-8(7)14-9/h7-9,14H,1-6H2. The number of halogens is 3. The summed E-state index contributed by atoms with van der Waals surface area (Å²) in [7, 11) is 0. The second kappa shape index (κ2) is 3.72. The molecule has 3 atom stereocenters. The normalized spacial score (nSPS) is 39.2. The molecule has 2 rings (SSSR count). The summed E-state index contributed by atoms with van der Waals surface area (Å²) in [6, 6.07) is -1.12. The number of nitrogens with one attached hydrogen (secondary N) is 1. The maximum Gasteiger partial charge on any atom is 0.403 e. The zero-order chi connectivity index (χ0) is 10.2. The van der Waals surface area contributed by atoms with E-state index in [4.69, 9.17) is 0 Å². The second-order valence-corrected chi connectivity index (χ2v) is 4.49. The number of fused-ring (bicyclic) bond motifs is 1. The molecule has 1 heterocycles. The van der Waals surface area contributed by atoms with E-state index in [1.807, 2.05) is 0 Å². The van der Waals surface area contributed by atoms with E-state index in [0.29, 0.717) is 5.92 Å². The Hall–Kier alpha value is -0.250. The van der Waals surface area contributed by atoms with Crippen molar-refractivity contribution in [2.24, 2.45) is 5.92 Å². The van der Waals surface area contributed by atoms with Crippen molar-refractivity contribution in [1.29, 1.82) is 0 Å². The van der Waals surface area contributed by atoms with Gasteiger partial charge in [0, 0.05) is 6.04 Å². The molecule has 2 fully saturated rings. The van der Waals surface area contributed by atoms with Gasteiger partial charge in [-0.2, -0.15) is 13.2 Å². The lowest BCUT2D eigenvalue weighted by Gasteiger charge is -2.40. The van der Waals surface area contributed by atoms with Crippen molar-refractivity contribution in [1.82, 2.24) is 5.32 Å². The predicted octanol–water partition coefficient (Wildman–Crippen LogP) is 2.86. The van der Waals surface area contributed by atoms with Crippen molar-refractivity contribution >= 4 is 0 Å². The summed E-state index contributed by atoms with van der Waals surface area (Å²) in [6.07, 6.45) is 1.28. The second-order valence-electron chi connectivity index (χ2n) is 4.49. The Bertz CT molecular complexity index is 202. The van der Waals surface area contributed by atoms with Gasteiger partial charge in [0.2, 0.25) is 0 Å². The number of hydrogen-bond donors (Lipinski definition) is 1. The van der Waals surface area contributed by atoms with Crippen LogP contribution in [0.3, 0.4) is 0 Å². The zero-order valence-electron chi connectivity index (χ0n) is 8.11. The van der Waals surface area contributed by atoms with E-state index >= 15 is 0 Å². The highest BCUT2D eigenvalue weighted by Crippen LogP contribution is 2.36. The molecule has 3 unspecified atom stereocenters. The van der Waals surface area contributed by atoms with Crippen LogP contribution in [0, 0.1) is 5.92 Å². The van der Waals surface area contributed by atoms with E-state index in [2.05, 4.69) is 5.32 Å². The van der Waals surface area contributed by atoms with E-state index in [0.717, 1.165) is 25.7 Å². The third-order valence-corrected chi connectivity index (χ3v) is 3.55. The zero-order valence-corrected chi connectivity index (χ0v) is 8.11. The molecule has 1 saturated heterocycles. The lowest BCUT2D eigenvalue weighted by Crippen LogP contribution is -2.54. The highest BCUT2D eigenvalue weighted by Gasteiger charge is 2.44. The summed E-state index contributed by atoms with van der Waals surface area (Å²) >= 11 is 0. The van der Waals surface area contributed by atoms with Gasteiger partial charge in [0.05, 0.1) is 0 Å². The molecule has 1 aliphatic heterocycles. The summed E-state index contributed by atoms with van der Waals surface area (Å²) in [4.78, 5) is 0. The molecule has 1 aliphatic carbocycles. The Kier molecular flexibility index (Phi) is 2.73. The maximum atomic E-state index is 12.4. The molecule has 1 saturated carbocycles. The molecule has 1 N–H and O–H groups in total. The van der Waals surface area contributed by atoms with E-state index in [1.165, 1.54) is 6.42 Å². The van der Waals surface area contributed by atoms with Gasteiger partial charge in [-0.15, -0.1) is 0 Å². The topological polar surface area (TPSA) is 12.0 Å². The van der Waals surface area contributed by atoms with Crippen molar-refractivity contribution in [3.8, 4) is 0 Å². The summed E-state index contributed by atoms with van der Waals surface area (Å²) in [6.45, 7) is 0. The van der Waals surface area contributed by atoms with Crippen molar-refractivity contribution in [3.63, 3.8) is 0 Å². The number of piperidine rings is 1. The summed E-state index contributed by atoms with van der Waals surface area (Å²) < 4.78 is 37.3. The van der Waals surface area contributed by atoms with Gasteiger partial charge in [0.25, 0.3) is 0 Å². The first-order chi connectivity index (χ1) is 6.57. The summed E-state index contributed by atoms with van der Waals surface area (Å²) in [5.74, 6) is 0.502. The average molecular weight is 207 g/mol. The molecule has 14 heavy (non-hydrogen) atoms. The largest absolute Gasteiger partial charge is 0.403 e. The molecule has 0 radical (unpaired) electrons. The van der Waals surface area contributed by atoms with Gasteiger partial charge < -0.3 is 5.32 Å². The van der Waals surface area contributed by atoms with Crippen LogP contribution in [0.1, 0.15) is 38.5 Å². The maximum absolute atomic E-state index is 12.4. The van der Waals surface area contributed by atoms with Gasteiger partial charge in [-0.25, -0.2) is 0 Å². The molecule has 0 spiro atoms. The van der Waals surface area contributed by atoms with Gasteiger partial charge in [-0.3, -0.25) is 0 Å². The minimum Gasteiger partial charge on any atom is -0.303 e. The molecule has 0 aromatic heterocycles. The molecular weight excluding hydrogens is 191 g/mol. The summed E-state index contributed by atoms with van der Waals surface area (Å²) in [5.41, 5.74) is 0. The summed E-state index contributed by atoms with van der Waals surface area (Å²) in [5, 5.41) is 2.77. The van der Waals surface area contributed by atoms with Crippen molar-refractivity contribution in [2.45, 2.75) is 56.8 Å². The fraction of sp³-hybridized carbons (Fsp3) is 1.00. The lowest BCUT2D eigenvalue weighted by molar-refractivity contribution is -0.166. The van der Waals surface area contributed by atoms with Crippen molar-refractivity contribution < 1.29 is 13.2 Å². The molecule has 0 aromatic carbocycles. The molecule has 2 aliphatic rings. The number of rotatable bonds is 0. The van der Waals surface area contributed by atoms with Crippen molar-refractivity contribution in [3.05, 3.63) is 0 Å². The van der Waals surface area contributed by atoms with Crippen LogP contribution in [0.4, 0.5) is 13.2 Å². The Morgan fingerprint density at radius 3 is 2.36 bits per heavy atom. The monoisotopic (exact) mass is 207 g/mol. The van der Waals surface area contributed by atoms with Crippen LogP contribution in [0.5, 0.6) is 0 Å². The molecule has 82 valence electrons. The smallest absolute Gasteiger partial charge is 0.303 e. The van der Waals surface area contributed by atoms with Crippen LogP contribution in [0.2, 0.25) is 0 Å². The highest BCUT2D eigenvalue weighted by molar-refractivity contribution is 4.91. The molecule has 0 amide bonds. The number of alkyl halides is 3. The van der Waals surface area contributed by atoms with Gasteiger partial charge in [0.1, 0.15) is 6.04 Å². The van der Waals surface area contributed by atoms with Crippen LogP contribution in [-0.2, 0) is 0 Å². The molecule has 0 bridgehead atoms. The highest BCUT2D eigenvalue weighted by atomic mass is 19.4. The molecule has 0 aromatic rings. The first-order valence-corrected chi connectivity index (χ1v) is 5.40. The van der Waals surface area contributed by atoms with Crippen LogP contribution in [-0.4, -0.2) is 18.3 Å². The Balaban J connectivity index is 1.96. The molecule has 4 heteroatoms. The van der Waals surface area contributed by atoms with Crippen LogP contribution >= 0.6 is 0 Å². The van der Waals surface area contributed by atoms with E-state index in [-0.39, 0.29) is 12.5 Å². The van der Waals surface area contributed by atoms with E-state index in [9.17, 15) is 13.2 Å². The Morgan fingerprint density at radius 2 is 1.64 bits per heavy atom. The van der Waals surface area contributed by atoms with Gasteiger partial charge in [-0.05, 0) is 31.6 Å².